The summed E-state index contributed by atoms with van der Waals surface area (Å²) in [5.74, 6) is 5.10. The molecule has 0 fully saturated rings. The van der Waals surface area contributed by atoms with Crippen LogP contribution in [-0.2, 0) is 74.9 Å². The summed E-state index contributed by atoms with van der Waals surface area (Å²) in [4.78, 5) is 0. The molecule has 0 spiro atoms. The van der Waals surface area contributed by atoms with Gasteiger partial charge in [-0.3, -0.25) is 0 Å². The van der Waals surface area contributed by atoms with Gasteiger partial charge in [-0.2, -0.15) is 5.26 Å². The van der Waals surface area contributed by atoms with Gasteiger partial charge in [-0.1, -0.05) is 158 Å². The molecule has 0 radical (unpaired) electrons. The van der Waals surface area contributed by atoms with Gasteiger partial charge >= 0.3 is 66.0 Å². The summed E-state index contributed by atoms with van der Waals surface area (Å²) < 4.78 is 216. The summed E-state index contributed by atoms with van der Waals surface area (Å²) in [6.45, 7) is 18.9. The summed E-state index contributed by atoms with van der Waals surface area (Å²) >= 11 is 0. The van der Waals surface area contributed by atoms with E-state index in [2.05, 4.69) is 182 Å². The second-order valence-electron chi connectivity index (χ2n) is 28.6. The Morgan fingerprint density at radius 2 is 0.439 bits per heavy atom. The Hall–Kier alpha value is -9.77. The molecule has 4 N–H and O–H groups in total. The Kier molecular flexibility index (Phi) is 33.5. The molecule has 0 atom stereocenters. The fourth-order valence-electron chi connectivity index (χ4n) is 14.5. The van der Waals surface area contributed by atoms with E-state index in [9.17, 15) is 50.4 Å². The zero-order valence-corrected chi connectivity index (χ0v) is 70.3. The van der Waals surface area contributed by atoms with Gasteiger partial charge in [0.05, 0.1) is 112 Å². The molecule has 5 aliphatic rings. The molecule has 2 heterocycles. The SMILES string of the molecule is CC#N.CC12c3ccccc3C(C)(c3cc4c(cc31)OCCOCCOCCOc1ccccc1OCCOCCOCCO4)c1cc3c(cc12)OCCOCCOCCOc1ccccc1OCCOCCOCCO3.F[P-](F)(F)(F)(F)F.F[P-](F)(F)(F)(F)F.c1ccc(C[NH2+]Cc2c3ccccc3c(C[NH2+]Cc3ccccc3)c3ccccc23)cc1. The second-order valence-corrected chi connectivity index (χ2v) is 32.5. The molecule has 123 heavy (non-hydrogen) atoms. The van der Waals surface area contributed by atoms with E-state index in [1.807, 2.05) is 48.5 Å². The third-order valence-electron chi connectivity index (χ3n) is 19.7. The number of hydrogen-bond acceptors (Lipinski definition) is 17. The monoisotopic (exact) mass is 1770 g/mol. The molecule has 3 aliphatic carbocycles. The van der Waals surface area contributed by atoms with Gasteiger partial charge in [0.15, 0.2) is 46.0 Å². The summed E-state index contributed by atoms with van der Waals surface area (Å²) in [5, 5.41) is 17.7. The van der Waals surface area contributed by atoms with Crippen molar-refractivity contribution in [1.82, 2.24) is 0 Å². The van der Waals surface area contributed by atoms with E-state index in [1.165, 1.54) is 61.8 Å². The van der Waals surface area contributed by atoms with Crippen molar-refractivity contribution in [2.75, 3.05) is 159 Å². The van der Waals surface area contributed by atoms with Crippen LogP contribution in [0.3, 0.4) is 0 Å². The summed E-state index contributed by atoms with van der Waals surface area (Å²) in [5.41, 5.74) is 11.3. The number of quaternary nitrogens is 2. The van der Waals surface area contributed by atoms with Crippen LogP contribution in [0.2, 0.25) is 0 Å². The molecule has 33 heteroatoms. The number of nitriles is 1. The van der Waals surface area contributed by atoms with Gasteiger partial charge in [-0.05, 0) is 117 Å². The Bertz CT molecular complexity index is 4530. The van der Waals surface area contributed by atoms with E-state index in [1.54, 1.807) is 6.07 Å². The molecule has 19 nitrogen and oxygen atoms in total. The maximum Gasteiger partial charge on any atom is 0.103 e. The Labute approximate surface area is 706 Å². The predicted octanol–water partition coefficient (Wildman–Crippen LogP) is 19.4. The third kappa shape index (κ3) is 31.2. The van der Waals surface area contributed by atoms with Crippen LogP contribution in [-0.4, -0.2) is 159 Å². The van der Waals surface area contributed by atoms with Gasteiger partial charge in [-0.25, -0.2) is 0 Å². The molecule has 0 amide bonds. The van der Waals surface area contributed by atoms with Crippen molar-refractivity contribution in [2.45, 2.75) is 57.8 Å². The van der Waals surface area contributed by atoms with Crippen molar-refractivity contribution in [3.8, 4) is 52.1 Å². The number of para-hydroxylation sites is 4. The fourth-order valence-corrected chi connectivity index (χ4v) is 14.5. The molecule has 0 saturated carbocycles. The molecule has 0 saturated heterocycles. The quantitative estimate of drug-likeness (QED) is 0.0824. The van der Waals surface area contributed by atoms with Crippen LogP contribution in [0.25, 0.3) is 21.5 Å². The van der Waals surface area contributed by atoms with E-state index in [0.717, 1.165) is 48.4 Å². The topological polar surface area (TPSA) is 205 Å². The van der Waals surface area contributed by atoms with Crippen LogP contribution in [0.4, 0.5) is 50.4 Å². The molecule has 10 aromatic carbocycles. The average Bonchev–Trinajstić information content (AvgIpc) is 0.660. The summed E-state index contributed by atoms with van der Waals surface area (Å²) in [7, 11) is -21.3. The first-order chi connectivity index (χ1) is 58.8. The van der Waals surface area contributed by atoms with Gasteiger partial charge in [0, 0.05) is 40.0 Å². The normalized spacial score (nSPS) is 19.2. The van der Waals surface area contributed by atoms with E-state index in [4.69, 9.17) is 81.1 Å². The zero-order chi connectivity index (χ0) is 87.8. The van der Waals surface area contributed by atoms with E-state index in [-0.39, 0.29) is 0 Å². The van der Waals surface area contributed by atoms with Crippen molar-refractivity contribution in [3.63, 3.8) is 0 Å². The first-order valence-electron chi connectivity index (χ1n) is 40.1. The zero-order valence-electron chi connectivity index (χ0n) is 68.5. The molecule has 10 aromatic rings. The number of fused-ring (bicyclic) bond motifs is 6. The summed E-state index contributed by atoms with van der Waals surface area (Å²) in [6, 6.07) is 73.6. The van der Waals surface area contributed by atoms with Crippen molar-refractivity contribution < 1.29 is 137 Å². The van der Waals surface area contributed by atoms with Gasteiger partial charge in [0.1, 0.15) is 79.0 Å². The minimum Gasteiger partial charge on any atom is -0.339 e. The Morgan fingerprint density at radius 1 is 0.260 bits per heavy atom. The van der Waals surface area contributed by atoms with Crippen molar-refractivity contribution in [2.24, 2.45) is 0 Å². The van der Waals surface area contributed by atoms with Crippen LogP contribution in [0.5, 0.6) is 46.0 Å². The standard InChI is InChI=1S/C58H70O16.C30H28N2.C2H3N.2F6P/c1-57-43-9-3-4-10-44(43)58(2,47-41-55-53(39-45(47)57)71-35-27-63-19-15-59-23-31-67-49-11-5-7-13-51(49)69-33-25-61-17-21-65-29-37-73-55)48-42-56-54(40-46(48)57)72-36-28-64-20-16-60-24-32-68-50-12-6-8-14-52(50)70-34-26-62-18-22-66-30-38-74-56;1-3-11-23(12-4-1)19-31-21-29-25-15-7-9-17-27(25)30(28-18-10-8-16-26(28)29)22-32-20-24-13-5-2-6-14-24;1-2-3;2*1-7(2,3,4,5)6/h3-14,39-42H,15-38H2,1-2H3;1-18,31-32H,19-22H2;1H3;;/q;;;2*-1/p+2. The van der Waals surface area contributed by atoms with E-state index < -0.39 is 26.4 Å². The molecule has 668 valence electrons. The van der Waals surface area contributed by atoms with Crippen LogP contribution < -0.4 is 48.5 Å². The molecule has 0 aromatic heterocycles. The van der Waals surface area contributed by atoms with Gasteiger partial charge in [0.25, 0.3) is 0 Å². The minimum absolute atomic E-state index is 0.298. The Balaban J connectivity index is 0.000000263. The van der Waals surface area contributed by atoms with Gasteiger partial charge in [0.2, 0.25) is 0 Å². The number of nitrogens with zero attached hydrogens (tertiary/aromatic N) is 1. The smallest absolute Gasteiger partial charge is 0.103 e. The first-order valence-corrected chi connectivity index (χ1v) is 44.2. The van der Waals surface area contributed by atoms with Crippen molar-refractivity contribution >= 4 is 37.2 Å². The number of benzene rings is 10. The second kappa shape index (κ2) is 43.2. The largest absolute Gasteiger partial charge is 0.339 e. The maximum absolute atomic E-state index is 10.7. The first kappa shape index (κ1) is 95.5. The number of rotatable bonds is 8. The van der Waals surface area contributed by atoms with Gasteiger partial charge in [-0.15, -0.1) is 0 Å². The predicted molar refractivity (Wildman–Crippen MR) is 445 cm³/mol. The minimum atomic E-state index is -10.7. The van der Waals surface area contributed by atoms with Crippen molar-refractivity contribution in [3.05, 3.63) is 262 Å². The maximum atomic E-state index is 9.87. The van der Waals surface area contributed by atoms with Crippen LogP contribution in [0.1, 0.15) is 76.4 Å². The number of hydrogen-bond donors (Lipinski definition) is 2. The molecular weight excluding hydrogens is 1670 g/mol. The average molecular weight is 1770 g/mol. The van der Waals surface area contributed by atoms with E-state index in [0.29, 0.717) is 205 Å². The molecule has 2 bridgehead atoms. The Morgan fingerprint density at radius 3 is 0.659 bits per heavy atom. The van der Waals surface area contributed by atoms with Crippen LogP contribution >= 0.6 is 15.6 Å². The fraction of sp³-hybridized carbons (Fsp3) is 0.367. The van der Waals surface area contributed by atoms with Crippen LogP contribution in [0.15, 0.2) is 206 Å². The molecule has 2 aliphatic heterocycles. The number of halogens is 12. The summed E-state index contributed by atoms with van der Waals surface area (Å²) in [6.07, 6.45) is 0. The third-order valence-corrected chi connectivity index (χ3v) is 19.7. The molecule has 0 unspecified atom stereocenters. The van der Waals surface area contributed by atoms with Crippen LogP contribution in [0, 0.1) is 11.3 Å². The number of nitrogens with two attached hydrogens (primary N) is 2. The van der Waals surface area contributed by atoms with Gasteiger partial charge < -0.3 is 86.4 Å². The number of ether oxygens (including phenoxy) is 16. The van der Waals surface area contributed by atoms with Crippen molar-refractivity contribution in [1.29, 1.82) is 5.26 Å². The molecular formula is C90H103F12N3O16P2. The van der Waals surface area contributed by atoms with E-state index >= 15 is 0 Å². The molecule has 15 rings (SSSR count).